The van der Waals surface area contributed by atoms with E-state index in [1.165, 1.54) is 37.8 Å². The molecule has 0 N–H and O–H groups in total. The lowest BCUT2D eigenvalue weighted by atomic mass is 9.83. The number of hydrogen-bond donors (Lipinski definition) is 0. The summed E-state index contributed by atoms with van der Waals surface area (Å²) in [4.78, 5) is 23.7. The van der Waals surface area contributed by atoms with E-state index in [9.17, 15) is 4.79 Å². The molecule has 1 saturated heterocycles. The Morgan fingerprint density at radius 1 is 0.962 bits per heavy atom. The minimum atomic E-state index is -0.000838. The van der Waals surface area contributed by atoms with Crippen molar-refractivity contribution in [2.45, 2.75) is 69.4 Å². The molecule has 2 aromatic heterocycles. The van der Waals surface area contributed by atoms with Gasteiger partial charge in [-0.05, 0) is 44.6 Å². The SMILES string of the molecule is O=c1ccc(C2CC2)nn1CC1CCCN1c1cc(C2CCC2)ncn1. The van der Waals surface area contributed by atoms with Gasteiger partial charge in [-0.1, -0.05) is 6.42 Å². The zero-order valence-corrected chi connectivity index (χ0v) is 15.0. The Kier molecular flexibility index (Phi) is 3.98. The second kappa shape index (κ2) is 6.49. The summed E-state index contributed by atoms with van der Waals surface area (Å²) >= 11 is 0. The van der Waals surface area contributed by atoms with E-state index in [4.69, 9.17) is 0 Å². The van der Waals surface area contributed by atoms with Gasteiger partial charge in [0, 0.05) is 36.2 Å². The van der Waals surface area contributed by atoms with Gasteiger partial charge in [-0.25, -0.2) is 14.6 Å². The van der Waals surface area contributed by atoms with E-state index < -0.39 is 0 Å². The molecule has 0 radical (unpaired) electrons. The third-order valence-corrected chi connectivity index (χ3v) is 6.14. The van der Waals surface area contributed by atoms with Gasteiger partial charge in [0.2, 0.25) is 0 Å². The monoisotopic (exact) mass is 351 g/mol. The summed E-state index contributed by atoms with van der Waals surface area (Å²) in [6.45, 7) is 1.63. The number of anilines is 1. The minimum absolute atomic E-state index is 0.000838. The summed E-state index contributed by atoms with van der Waals surface area (Å²) in [6.07, 6.45) is 10.1. The van der Waals surface area contributed by atoms with Gasteiger partial charge in [0.25, 0.3) is 5.56 Å². The van der Waals surface area contributed by atoms with Gasteiger partial charge in [-0.2, -0.15) is 5.10 Å². The van der Waals surface area contributed by atoms with Crippen molar-refractivity contribution >= 4 is 5.82 Å². The maximum absolute atomic E-state index is 12.3. The molecule has 2 aliphatic carbocycles. The summed E-state index contributed by atoms with van der Waals surface area (Å²) < 4.78 is 1.67. The van der Waals surface area contributed by atoms with Crippen molar-refractivity contribution in [3.8, 4) is 0 Å². The van der Waals surface area contributed by atoms with Crippen LogP contribution in [0.25, 0.3) is 0 Å². The minimum Gasteiger partial charge on any atom is -0.352 e. The number of aromatic nitrogens is 4. The Hall–Kier alpha value is -2.24. The zero-order valence-electron chi connectivity index (χ0n) is 15.0. The van der Waals surface area contributed by atoms with Crippen molar-refractivity contribution in [3.05, 3.63) is 46.3 Å². The van der Waals surface area contributed by atoms with Gasteiger partial charge >= 0.3 is 0 Å². The summed E-state index contributed by atoms with van der Waals surface area (Å²) in [5.74, 6) is 2.18. The van der Waals surface area contributed by atoms with E-state index in [0.717, 1.165) is 30.9 Å². The molecule has 0 amide bonds. The second-order valence-electron chi connectivity index (χ2n) is 7.97. The van der Waals surface area contributed by atoms with Gasteiger partial charge in [0.05, 0.1) is 18.3 Å². The molecule has 26 heavy (non-hydrogen) atoms. The van der Waals surface area contributed by atoms with Crippen LogP contribution in [0.3, 0.4) is 0 Å². The molecular formula is C20H25N5O. The van der Waals surface area contributed by atoms with E-state index in [0.29, 0.717) is 18.4 Å². The molecule has 3 fully saturated rings. The van der Waals surface area contributed by atoms with E-state index in [1.54, 1.807) is 17.1 Å². The van der Waals surface area contributed by atoms with Crippen molar-refractivity contribution in [3.63, 3.8) is 0 Å². The first-order valence-corrected chi connectivity index (χ1v) is 9.94. The first-order valence-electron chi connectivity index (χ1n) is 9.94. The highest BCUT2D eigenvalue weighted by Gasteiger charge is 2.30. The van der Waals surface area contributed by atoms with Crippen molar-refractivity contribution in [1.29, 1.82) is 0 Å². The summed E-state index contributed by atoms with van der Waals surface area (Å²) in [6, 6.07) is 6.02. The largest absolute Gasteiger partial charge is 0.352 e. The molecule has 0 bridgehead atoms. The lowest BCUT2D eigenvalue weighted by molar-refractivity contribution is 0.410. The van der Waals surface area contributed by atoms with E-state index in [-0.39, 0.29) is 11.6 Å². The predicted octanol–water partition coefficient (Wildman–Crippen LogP) is 2.85. The molecule has 6 nitrogen and oxygen atoms in total. The van der Waals surface area contributed by atoms with Gasteiger partial charge < -0.3 is 4.90 Å². The van der Waals surface area contributed by atoms with Crippen LogP contribution in [0.15, 0.2) is 29.3 Å². The number of hydrogen-bond acceptors (Lipinski definition) is 5. The van der Waals surface area contributed by atoms with Gasteiger partial charge in [0.1, 0.15) is 12.1 Å². The Labute approximate surface area is 153 Å². The summed E-state index contributed by atoms with van der Waals surface area (Å²) in [5.41, 5.74) is 2.25. The molecule has 136 valence electrons. The quantitative estimate of drug-likeness (QED) is 0.829. The van der Waals surface area contributed by atoms with Crippen LogP contribution in [0, 0.1) is 0 Å². The molecule has 3 aliphatic rings. The lowest BCUT2D eigenvalue weighted by Crippen LogP contribution is -2.37. The van der Waals surface area contributed by atoms with Gasteiger partial charge in [-0.15, -0.1) is 0 Å². The van der Waals surface area contributed by atoms with Gasteiger partial charge in [-0.3, -0.25) is 4.79 Å². The first-order chi connectivity index (χ1) is 12.8. The van der Waals surface area contributed by atoms with E-state index in [2.05, 4.69) is 26.0 Å². The molecule has 0 spiro atoms. The van der Waals surface area contributed by atoms with Crippen LogP contribution in [0.5, 0.6) is 0 Å². The van der Waals surface area contributed by atoms with Crippen LogP contribution >= 0.6 is 0 Å². The van der Waals surface area contributed by atoms with Gasteiger partial charge in [0.15, 0.2) is 0 Å². The third-order valence-electron chi connectivity index (χ3n) is 6.14. The van der Waals surface area contributed by atoms with Crippen molar-refractivity contribution < 1.29 is 0 Å². The van der Waals surface area contributed by atoms with Crippen LogP contribution in [-0.4, -0.2) is 32.3 Å². The topological polar surface area (TPSA) is 63.9 Å². The smallest absolute Gasteiger partial charge is 0.266 e. The van der Waals surface area contributed by atoms with Crippen LogP contribution < -0.4 is 10.5 Å². The summed E-state index contributed by atoms with van der Waals surface area (Å²) in [5, 5.41) is 4.64. The normalized spacial score (nSPS) is 23.2. The summed E-state index contributed by atoms with van der Waals surface area (Å²) in [7, 11) is 0. The zero-order chi connectivity index (χ0) is 17.5. The maximum Gasteiger partial charge on any atom is 0.266 e. The average Bonchev–Trinajstić information content (AvgIpc) is 3.35. The van der Waals surface area contributed by atoms with Crippen LogP contribution in [-0.2, 0) is 6.54 Å². The molecule has 0 aromatic carbocycles. The fourth-order valence-corrected chi connectivity index (χ4v) is 4.16. The predicted molar refractivity (Wildman–Crippen MR) is 99.5 cm³/mol. The Morgan fingerprint density at radius 3 is 2.58 bits per heavy atom. The van der Waals surface area contributed by atoms with Crippen molar-refractivity contribution in [1.82, 2.24) is 19.7 Å². The average molecular weight is 351 g/mol. The number of rotatable bonds is 5. The lowest BCUT2D eigenvalue weighted by Gasteiger charge is -2.28. The molecule has 1 atom stereocenters. The fraction of sp³-hybridized carbons (Fsp3) is 0.600. The molecule has 2 saturated carbocycles. The van der Waals surface area contributed by atoms with Crippen molar-refractivity contribution in [2.75, 3.05) is 11.4 Å². The fourth-order valence-electron chi connectivity index (χ4n) is 4.16. The highest BCUT2D eigenvalue weighted by Crippen LogP contribution is 2.38. The highest BCUT2D eigenvalue weighted by molar-refractivity contribution is 5.42. The Morgan fingerprint density at radius 2 is 1.81 bits per heavy atom. The molecule has 1 aliphatic heterocycles. The molecule has 2 aromatic rings. The molecule has 1 unspecified atom stereocenters. The highest BCUT2D eigenvalue weighted by atomic mass is 16.1. The number of nitrogens with zero attached hydrogens (tertiary/aromatic N) is 5. The van der Waals surface area contributed by atoms with Crippen LogP contribution in [0.2, 0.25) is 0 Å². The third kappa shape index (κ3) is 3.02. The maximum atomic E-state index is 12.3. The van der Waals surface area contributed by atoms with E-state index >= 15 is 0 Å². The van der Waals surface area contributed by atoms with E-state index in [1.807, 2.05) is 6.07 Å². The van der Waals surface area contributed by atoms with Crippen LogP contribution in [0.4, 0.5) is 5.82 Å². The molecule has 3 heterocycles. The first kappa shape index (κ1) is 16.0. The van der Waals surface area contributed by atoms with Crippen molar-refractivity contribution in [2.24, 2.45) is 0 Å². The Bertz CT molecular complexity index is 855. The molecular weight excluding hydrogens is 326 g/mol. The van der Waals surface area contributed by atoms with Crippen LogP contribution in [0.1, 0.15) is 68.2 Å². The molecule has 5 rings (SSSR count). The Balaban J connectivity index is 1.37. The standard InChI is InChI=1S/C20H25N5O/c26-20-9-8-17(15-6-7-15)23-25(20)12-16-5-2-10-24(16)19-11-18(21-13-22-19)14-3-1-4-14/h8-9,11,13-16H,1-7,10,12H2. The second-order valence-corrected chi connectivity index (χ2v) is 7.97. The molecule has 6 heteroatoms.